The lowest BCUT2D eigenvalue weighted by Crippen LogP contribution is -2.29. The van der Waals surface area contributed by atoms with Crippen molar-refractivity contribution in [2.24, 2.45) is 5.10 Å². The molecule has 0 bridgehead atoms. The highest BCUT2D eigenvalue weighted by Gasteiger charge is 2.21. The summed E-state index contributed by atoms with van der Waals surface area (Å²) in [7, 11) is 0. The first kappa shape index (κ1) is 19.3. The van der Waals surface area contributed by atoms with E-state index in [-0.39, 0.29) is 12.4 Å². The van der Waals surface area contributed by atoms with Gasteiger partial charge in [0.25, 0.3) is 0 Å². The number of thiocarbonyl (C=S) groups is 1. The lowest BCUT2D eigenvalue weighted by atomic mass is 10.0. The number of hydrogen-bond acceptors (Lipinski definition) is 3. The molecule has 1 aliphatic rings. The van der Waals surface area contributed by atoms with Gasteiger partial charge in [0.15, 0.2) is 5.11 Å². The molecule has 4 nitrogen and oxygen atoms in total. The Morgan fingerprint density at radius 1 is 1.00 bits per heavy atom. The summed E-state index contributed by atoms with van der Waals surface area (Å²) in [5.41, 5.74) is 4.77. The number of halogens is 2. The Labute approximate surface area is 174 Å². The predicted octanol–water partition coefficient (Wildman–Crippen LogP) is 5.12. The van der Waals surface area contributed by atoms with Crippen LogP contribution in [-0.4, -0.2) is 20.8 Å². The molecule has 2 heterocycles. The van der Waals surface area contributed by atoms with E-state index >= 15 is 0 Å². The van der Waals surface area contributed by atoms with Gasteiger partial charge in [-0.1, -0.05) is 48.0 Å². The Balaban J connectivity index is 0.00000210. The van der Waals surface area contributed by atoms with E-state index in [0.29, 0.717) is 16.7 Å². The van der Waals surface area contributed by atoms with Crippen LogP contribution in [0.25, 0.3) is 0 Å². The van der Waals surface area contributed by atoms with Crippen molar-refractivity contribution in [1.82, 2.24) is 9.99 Å². The van der Waals surface area contributed by atoms with Crippen molar-refractivity contribution in [2.75, 3.05) is 5.32 Å². The minimum Gasteiger partial charge on any atom is -0.331 e. The van der Waals surface area contributed by atoms with Crippen LogP contribution < -0.4 is 5.32 Å². The highest BCUT2D eigenvalue weighted by atomic mass is 35.5. The topological polar surface area (TPSA) is 40.5 Å². The first-order valence-electron chi connectivity index (χ1n) is 8.12. The van der Waals surface area contributed by atoms with Gasteiger partial charge >= 0.3 is 0 Å². The zero-order chi connectivity index (χ0) is 17.9. The third-order valence-electron chi connectivity index (χ3n) is 4.05. The van der Waals surface area contributed by atoms with E-state index in [4.69, 9.17) is 28.9 Å². The molecule has 1 N–H and O–H groups in total. The Bertz CT molecular complexity index is 975. The fourth-order valence-electron chi connectivity index (χ4n) is 2.79. The van der Waals surface area contributed by atoms with Gasteiger partial charge in [-0.25, -0.2) is 5.01 Å². The molecule has 3 aromatic rings. The minimum absolute atomic E-state index is 0. The van der Waals surface area contributed by atoms with Gasteiger partial charge in [-0.3, -0.25) is 4.98 Å². The Hall–Kier alpha value is -2.47. The molecule has 7 heteroatoms. The van der Waals surface area contributed by atoms with Gasteiger partial charge in [-0.15, -0.1) is 12.4 Å². The van der Waals surface area contributed by atoms with Crippen molar-refractivity contribution >= 4 is 52.7 Å². The summed E-state index contributed by atoms with van der Waals surface area (Å²) in [6.07, 6.45) is 3.57. The zero-order valence-corrected chi connectivity index (χ0v) is 16.6. The summed E-state index contributed by atoms with van der Waals surface area (Å²) >= 11 is 11.6. The maximum Gasteiger partial charge on any atom is 0.194 e. The molecular formula is C20H16Cl2N4S. The standard InChI is InChI=1S/C20H15ClN4S.ClH/c21-16-9-7-15(8-10-16)19-17-5-1-2-6-18(17)23-20(26)25(24-19)13-14-4-3-11-22-12-14;/h1-12H,13H2,(H,23,26);1H. The number of nitrogens with zero attached hydrogens (tertiary/aromatic N) is 3. The van der Waals surface area contributed by atoms with E-state index in [1.165, 1.54) is 0 Å². The lowest BCUT2D eigenvalue weighted by molar-refractivity contribution is 0.447. The van der Waals surface area contributed by atoms with Crippen molar-refractivity contribution < 1.29 is 0 Å². The third kappa shape index (κ3) is 4.27. The number of fused-ring (bicyclic) bond motifs is 1. The number of rotatable bonds is 3. The fraction of sp³-hybridized carbons (Fsp3) is 0.0500. The summed E-state index contributed by atoms with van der Waals surface area (Å²) in [5, 5.41) is 11.2. The fourth-order valence-corrected chi connectivity index (χ4v) is 3.13. The number of hydrazone groups is 1. The van der Waals surface area contributed by atoms with Gasteiger partial charge in [-0.05, 0) is 42.0 Å². The second-order valence-corrected chi connectivity index (χ2v) is 6.67. The Kier molecular flexibility index (Phi) is 6.06. The van der Waals surface area contributed by atoms with E-state index in [0.717, 1.165) is 28.1 Å². The third-order valence-corrected chi connectivity index (χ3v) is 4.62. The van der Waals surface area contributed by atoms with Crippen molar-refractivity contribution in [3.63, 3.8) is 0 Å². The SMILES string of the molecule is Cl.S=C1Nc2ccccc2C(c2ccc(Cl)cc2)=NN1Cc1cccnc1. The van der Waals surface area contributed by atoms with Gasteiger partial charge in [0.05, 0.1) is 6.54 Å². The van der Waals surface area contributed by atoms with Crippen LogP contribution in [0.1, 0.15) is 16.7 Å². The summed E-state index contributed by atoms with van der Waals surface area (Å²) in [5.74, 6) is 0. The molecule has 0 atom stereocenters. The van der Waals surface area contributed by atoms with E-state index in [2.05, 4.69) is 10.3 Å². The normalized spacial score (nSPS) is 13.0. The maximum absolute atomic E-state index is 6.05. The van der Waals surface area contributed by atoms with Crippen LogP contribution in [0, 0.1) is 0 Å². The number of pyridine rings is 1. The second-order valence-electron chi connectivity index (χ2n) is 5.85. The molecule has 0 aliphatic carbocycles. The van der Waals surface area contributed by atoms with E-state index < -0.39 is 0 Å². The first-order valence-corrected chi connectivity index (χ1v) is 8.91. The van der Waals surface area contributed by atoms with Crippen LogP contribution in [0.3, 0.4) is 0 Å². The molecule has 0 saturated carbocycles. The van der Waals surface area contributed by atoms with Crippen LogP contribution in [0.5, 0.6) is 0 Å². The summed E-state index contributed by atoms with van der Waals surface area (Å²) in [4.78, 5) is 4.17. The molecule has 27 heavy (non-hydrogen) atoms. The van der Waals surface area contributed by atoms with Gasteiger partial charge < -0.3 is 5.32 Å². The van der Waals surface area contributed by atoms with E-state index in [9.17, 15) is 0 Å². The predicted molar refractivity (Wildman–Crippen MR) is 117 cm³/mol. The molecule has 1 aromatic heterocycles. The summed E-state index contributed by atoms with van der Waals surface area (Å²) in [6, 6.07) is 19.6. The zero-order valence-electron chi connectivity index (χ0n) is 14.2. The molecule has 0 spiro atoms. The van der Waals surface area contributed by atoms with Crippen LogP contribution in [0.2, 0.25) is 5.02 Å². The number of hydrogen-bond donors (Lipinski definition) is 1. The molecule has 4 rings (SSSR count). The number of benzene rings is 2. The highest BCUT2D eigenvalue weighted by Crippen LogP contribution is 2.25. The quantitative estimate of drug-likeness (QED) is 0.603. The molecule has 1 aliphatic heterocycles. The van der Waals surface area contributed by atoms with Gasteiger partial charge in [-0.2, -0.15) is 5.10 Å². The van der Waals surface area contributed by atoms with Crippen LogP contribution >= 0.6 is 36.2 Å². The Morgan fingerprint density at radius 2 is 1.78 bits per heavy atom. The number of nitrogens with one attached hydrogen (secondary N) is 1. The monoisotopic (exact) mass is 414 g/mol. The largest absolute Gasteiger partial charge is 0.331 e. The Morgan fingerprint density at radius 3 is 2.52 bits per heavy atom. The highest BCUT2D eigenvalue weighted by molar-refractivity contribution is 7.80. The van der Waals surface area contributed by atoms with Gasteiger partial charge in [0, 0.05) is 34.2 Å². The van der Waals surface area contributed by atoms with Crippen molar-refractivity contribution in [3.8, 4) is 0 Å². The van der Waals surface area contributed by atoms with E-state index in [1.54, 1.807) is 11.2 Å². The van der Waals surface area contributed by atoms with Crippen molar-refractivity contribution in [2.45, 2.75) is 6.54 Å². The van der Waals surface area contributed by atoms with Crippen LogP contribution in [0.4, 0.5) is 5.69 Å². The van der Waals surface area contributed by atoms with Gasteiger partial charge in [0.1, 0.15) is 5.71 Å². The smallest absolute Gasteiger partial charge is 0.194 e. The molecular weight excluding hydrogens is 399 g/mol. The van der Waals surface area contributed by atoms with Gasteiger partial charge in [0.2, 0.25) is 0 Å². The molecule has 0 radical (unpaired) electrons. The summed E-state index contributed by atoms with van der Waals surface area (Å²) < 4.78 is 0. The van der Waals surface area contributed by atoms with E-state index in [1.807, 2.05) is 66.9 Å². The molecule has 0 amide bonds. The average molecular weight is 415 g/mol. The second kappa shape index (κ2) is 8.48. The van der Waals surface area contributed by atoms with Crippen molar-refractivity contribution in [1.29, 1.82) is 0 Å². The van der Waals surface area contributed by atoms with Crippen LogP contribution in [-0.2, 0) is 6.54 Å². The summed E-state index contributed by atoms with van der Waals surface area (Å²) in [6.45, 7) is 0.532. The molecule has 0 unspecified atom stereocenters. The van der Waals surface area contributed by atoms with Crippen molar-refractivity contribution in [3.05, 3.63) is 94.8 Å². The average Bonchev–Trinajstić information content (AvgIpc) is 2.80. The molecule has 136 valence electrons. The molecule has 2 aromatic carbocycles. The number of aromatic nitrogens is 1. The van der Waals surface area contributed by atoms with Crippen LogP contribution in [0.15, 0.2) is 78.2 Å². The number of para-hydroxylation sites is 1. The molecule has 0 saturated heterocycles. The maximum atomic E-state index is 6.05. The first-order chi connectivity index (χ1) is 12.7. The minimum atomic E-state index is 0. The lowest BCUT2D eigenvalue weighted by Gasteiger charge is -2.19. The molecule has 0 fully saturated rings. The number of anilines is 1.